The number of fused-ring (bicyclic) bond motifs is 1. The van der Waals surface area contributed by atoms with Crippen LogP contribution in [0, 0.1) is 0 Å². The first-order valence-electron chi connectivity index (χ1n) is 11.8. The Bertz CT molecular complexity index is 1310. The summed E-state index contributed by atoms with van der Waals surface area (Å²) in [6.07, 6.45) is 2.65. The van der Waals surface area contributed by atoms with Gasteiger partial charge in [0.25, 0.3) is 0 Å². The van der Waals surface area contributed by atoms with E-state index in [1.807, 2.05) is 105 Å². The van der Waals surface area contributed by atoms with E-state index in [0.29, 0.717) is 0 Å². The molecule has 0 unspecified atom stereocenters. The first kappa shape index (κ1) is 24.2. The number of carbonyl (C=O) groups is 2. The van der Waals surface area contributed by atoms with Gasteiger partial charge in [0, 0.05) is 31.0 Å². The minimum Gasteiger partial charge on any atom is -0.352 e. The molecular formula is C27H32N6O2. The summed E-state index contributed by atoms with van der Waals surface area (Å²) in [4.78, 5) is 29.3. The molecule has 0 saturated heterocycles. The van der Waals surface area contributed by atoms with Crippen LogP contribution >= 0.6 is 0 Å². The number of nitrogens with one attached hydrogen (secondary N) is 1. The van der Waals surface area contributed by atoms with E-state index in [-0.39, 0.29) is 24.9 Å². The summed E-state index contributed by atoms with van der Waals surface area (Å²) < 4.78 is 3.48. The zero-order valence-corrected chi connectivity index (χ0v) is 20.7. The third kappa shape index (κ3) is 5.42. The number of hydrogen-bond acceptors (Lipinski definition) is 4. The summed E-state index contributed by atoms with van der Waals surface area (Å²) in [5, 5.41) is 11.5. The lowest BCUT2D eigenvalue weighted by molar-refractivity contribution is -0.143. The number of benzene rings is 2. The molecule has 2 amide bonds. The van der Waals surface area contributed by atoms with E-state index >= 15 is 0 Å². The largest absolute Gasteiger partial charge is 0.352 e. The molecule has 0 aliphatic rings. The lowest BCUT2D eigenvalue weighted by atomic mass is 10.00. The minimum atomic E-state index is -0.816. The van der Waals surface area contributed by atoms with Gasteiger partial charge in [0.05, 0.1) is 5.52 Å². The maximum atomic E-state index is 13.9. The standard InChI is InChI=1S/C27H32N6O2/c1-5-27(2,3)28-26(35)25(23-16-11-17-31(23)4)32(18-20-12-7-6-8-13-20)24(34)19-33-22-15-10-9-14-21(22)29-30-33/h6-17,25H,5,18-19H2,1-4H3,(H,28,35)/t25-/m0/s1. The predicted octanol–water partition coefficient (Wildman–Crippen LogP) is 3.84. The second-order valence-corrected chi connectivity index (χ2v) is 9.42. The molecule has 0 aliphatic carbocycles. The van der Waals surface area contributed by atoms with Crippen LogP contribution in [0.25, 0.3) is 11.0 Å². The van der Waals surface area contributed by atoms with E-state index in [0.717, 1.165) is 28.7 Å². The van der Waals surface area contributed by atoms with Gasteiger partial charge in [0.15, 0.2) is 6.04 Å². The van der Waals surface area contributed by atoms with Crippen molar-refractivity contribution < 1.29 is 9.59 Å². The number of carbonyl (C=O) groups excluding carboxylic acids is 2. The van der Waals surface area contributed by atoms with Gasteiger partial charge in [-0.25, -0.2) is 4.68 Å². The molecule has 0 fully saturated rings. The minimum absolute atomic E-state index is 0.0290. The molecule has 2 heterocycles. The number of para-hydroxylation sites is 1. The molecular weight excluding hydrogens is 440 g/mol. The predicted molar refractivity (Wildman–Crippen MR) is 135 cm³/mol. The number of amides is 2. The maximum Gasteiger partial charge on any atom is 0.249 e. The Morgan fingerprint density at radius 1 is 1.03 bits per heavy atom. The summed E-state index contributed by atoms with van der Waals surface area (Å²) in [5.41, 5.74) is 2.75. The molecule has 0 radical (unpaired) electrons. The van der Waals surface area contributed by atoms with Crippen molar-refractivity contribution in [2.75, 3.05) is 0 Å². The molecule has 0 saturated carbocycles. The van der Waals surface area contributed by atoms with Crippen LogP contribution in [0.3, 0.4) is 0 Å². The fraction of sp³-hybridized carbons (Fsp3) is 0.333. The molecule has 0 aliphatic heterocycles. The van der Waals surface area contributed by atoms with Crippen molar-refractivity contribution in [2.45, 2.75) is 51.9 Å². The average Bonchev–Trinajstić information content (AvgIpc) is 3.45. The van der Waals surface area contributed by atoms with Gasteiger partial charge in [0.1, 0.15) is 12.1 Å². The zero-order valence-electron chi connectivity index (χ0n) is 20.7. The van der Waals surface area contributed by atoms with Crippen LogP contribution in [0.1, 0.15) is 44.5 Å². The third-order valence-corrected chi connectivity index (χ3v) is 6.39. The monoisotopic (exact) mass is 472 g/mol. The van der Waals surface area contributed by atoms with E-state index in [2.05, 4.69) is 15.6 Å². The van der Waals surface area contributed by atoms with Gasteiger partial charge in [-0.2, -0.15) is 0 Å². The van der Waals surface area contributed by atoms with Gasteiger partial charge in [0.2, 0.25) is 11.8 Å². The molecule has 0 bridgehead atoms. The number of aryl methyl sites for hydroxylation is 1. The molecule has 0 spiro atoms. The highest BCUT2D eigenvalue weighted by molar-refractivity contribution is 5.89. The van der Waals surface area contributed by atoms with Gasteiger partial charge in [-0.15, -0.1) is 5.10 Å². The van der Waals surface area contributed by atoms with Crippen LogP contribution in [-0.4, -0.2) is 41.8 Å². The van der Waals surface area contributed by atoms with Crippen molar-refractivity contribution in [1.82, 2.24) is 29.8 Å². The van der Waals surface area contributed by atoms with Crippen LogP contribution in [0.4, 0.5) is 0 Å². The number of aromatic nitrogens is 4. The van der Waals surface area contributed by atoms with Crippen molar-refractivity contribution in [3.8, 4) is 0 Å². The van der Waals surface area contributed by atoms with Crippen molar-refractivity contribution in [3.05, 3.63) is 84.2 Å². The van der Waals surface area contributed by atoms with Crippen LogP contribution in [0.2, 0.25) is 0 Å². The quantitative estimate of drug-likeness (QED) is 0.401. The van der Waals surface area contributed by atoms with E-state index in [4.69, 9.17) is 0 Å². The van der Waals surface area contributed by atoms with Crippen LogP contribution in [-0.2, 0) is 29.7 Å². The molecule has 1 N–H and O–H groups in total. The average molecular weight is 473 g/mol. The molecule has 4 aromatic rings. The molecule has 1 atom stereocenters. The molecule has 2 aromatic carbocycles. The SMILES string of the molecule is CCC(C)(C)NC(=O)[C@H](c1cccn1C)N(Cc1ccccc1)C(=O)Cn1nnc2ccccc21. The Balaban J connectivity index is 1.75. The van der Waals surface area contributed by atoms with Crippen molar-refractivity contribution in [3.63, 3.8) is 0 Å². The second-order valence-electron chi connectivity index (χ2n) is 9.42. The summed E-state index contributed by atoms with van der Waals surface area (Å²) in [7, 11) is 1.89. The van der Waals surface area contributed by atoms with Crippen LogP contribution in [0.15, 0.2) is 72.9 Å². The fourth-order valence-electron chi connectivity index (χ4n) is 4.04. The number of rotatable bonds is 9. The highest BCUT2D eigenvalue weighted by Gasteiger charge is 2.35. The van der Waals surface area contributed by atoms with Crippen LogP contribution < -0.4 is 5.32 Å². The first-order chi connectivity index (χ1) is 16.8. The lowest BCUT2D eigenvalue weighted by Gasteiger charge is -2.34. The number of hydrogen-bond donors (Lipinski definition) is 1. The molecule has 2 aromatic heterocycles. The highest BCUT2D eigenvalue weighted by atomic mass is 16.2. The third-order valence-electron chi connectivity index (χ3n) is 6.39. The second kappa shape index (κ2) is 10.1. The van der Waals surface area contributed by atoms with Gasteiger partial charge < -0.3 is 14.8 Å². The first-order valence-corrected chi connectivity index (χ1v) is 11.8. The van der Waals surface area contributed by atoms with E-state index in [9.17, 15) is 9.59 Å². The maximum absolute atomic E-state index is 13.9. The molecule has 8 nitrogen and oxygen atoms in total. The zero-order chi connectivity index (χ0) is 25.0. The Kier molecular flexibility index (Phi) is 7.00. The van der Waals surface area contributed by atoms with Crippen LogP contribution in [0.5, 0.6) is 0 Å². The Labute approximate surface area is 205 Å². The molecule has 35 heavy (non-hydrogen) atoms. The topological polar surface area (TPSA) is 85.0 Å². The Morgan fingerprint density at radius 2 is 1.74 bits per heavy atom. The summed E-state index contributed by atoms with van der Waals surface area (Å²) >= 11 is 0. The van der Waals surface area contributed by atoms with Gasteiger partial charge >= 0.3 is 0 Å². The van der Waals surface area contributed by atoms with Crippen molar-refractivity contribution in [1.29, 1.82) is 0 Å². The van der Waals surface area contributed by atoms with E-state index in [1.54, 1.807) is 9.58 Å². The Hall–Kier alpha value is -3.94. The molecule has 8 heteroatoms. The molecule has 4 rings (SSSR count). The summed E-state index contributed by atoms with van der Waals surface area (Å²) in [6.45, 7) is 6.25. The lowest BCUT2D eigenvalue weighted by Crippen LogP contribution is -2.51. The Morgan fingerprint density at radius 3 is 2.43 bits per heavy atom. The van der Waals surface area contributed by atoms with Gasteiger partial charge in [-0.3, -0.25) is 9.59 Å². The van der Waals surface area contributed by atoms with Crippen molar-refractivity contribution >= 4 is 22.8 Å². The summed E-state index contributed by atoms with van der Waals surface area (Å²) in [6, 6.07) is 20.2. The van der Waals surface area contributed by atoms with E-state index < -0.39 is 11.6 Å². The normalized spacial score (nSPS) is 12.5. The van der Waals surface area contributed by atoms with E-state index in [1.165, 1.54) is 0 Å². The van der Waals surface area contributed by atoms with Crippen molar-refractivity contribution in [2.24, 2.45) is 7.05 Å². The summed E-state index contributed by atoms with van der Waals surface area (Å²) in [5.74, 6) is -0.438. The fourth-order valence-corrected chi connectivity index (χ4v) is 4.04. The highest BCUT2D eigenvalue weighted by Crippen LogP contribution is 2.26. The molecule has 182 valence electrons. The number of nitrogens with zero attached hydrogens (tertiary/aromatic N) is 5. The smallest absolute Gasteiger partial charge is 0.249 e. The van der Waals surface area contributed by atoms with Gasteiger partial charge in [-0.1, -0.05) is 54.6 Å². The van der Waals surface area contributed by atoms with Gasteiger partial charge in [-0.05, 0) is 50.1 Å².